The summed E-state index contributed by atoms with van der Waals surface area (Å²) in [6, 6.07) is 9.03. The van der Waals surface area contributed by atoms with Crippen LogP contribution in [-0.4, -0.2) is 37.1 Å². The fourth-order valence-electron chi connectivity index (χ4n) is 1.71. The van der Waals surface area contributed by atoms with Crippen molar-refractivity contribution in [2.75, 3.05) is 0 Å². The van der Waals surface area contributed by atoms with E-state index in [0.29, 0.717) is 5.69 Å². The molecule has 1 aromatic carbocycles. The Balaban J connectivity index is 0.000000174. The van der Waals surface area contributed by atoms with Crippen LogP contribution in [0.3, 0.4) is 0 Å². The van der Waals surface area contributed by atoms with Crippen LogP contribution in [0.25, 0.3) is 17.0 Å². The van der Waals surface area contributed by atoms with Crippen molar-refractivity contribution in [3.05, 3.63) is 66.4 Å². The lowest BCUT2D eigenvalue weighted by atomic mass is 10.2. The molecule has 0 saturated heterocycles. The molecule has 2 heterocycles. The molecule has 0 aliphatic rings. The minimum Gasteiger partial charge on any atom is -0.478 e. The van der Waals surface area contributed by atoms with Gasteiger partial charge in [-0.15, -0.1) is 0 Å². The van der Waals surface area contributed by atoms with E-state index in [1.54, 1.807) is 12.3 Å². The Morgan fingerprint density at radius 3 is 2.57 bits per heavy atom. The van der Waals surface area contributed by atoms with E-state index in [1.807, 2.05) is 24.3 Å². The van der Waals surface area contributed by atoms with Gasteiger partial charge in [-0.3, -0.25) is 4.98 Å². The third kappa shape index (κ3) is 4.78. The number of fused-ring (bicyclic) bond motifs is 1. The summed E-state index contributed by atoms with van der Waals surface area (Å²) in [5.74, 6) is -1.92. The van der Waals surface area contributed by atoms with Gasteiger partial charge >= 0.3 is 11.9 Å². The zero-order chi connectivity index (χ0) is 16.7. The second kappa shape index (κ2) is 7.51. The molecular weight excluding hydrogens is 298 g/mol. The Morgan fingerprint density at radius 2 is 1.91 bits per heavy atom. The average Bonchev–Trinajstić information content (AvgIpc) is 3.06. The fourth-order valence-corrected chi connectivity index (χ4v) is 1.71. The van der Waals surface area contributed by atoms with Gasteiger partial charge in [0.05, 0.1) is 23.1 Å². The Hall–Kier alpha value is -3.48. The zero-order valence-electron chi connectivity index (χ0n) is 11.9. The fraction of sp³-hybridized carbons (Fsp3) is 0. The molecule has 116 valence electrons. The highest BCUT2D eigenvalue weighted by Gasteiger charge is 2.03. The van der Waals surface area contributed by atoms with Crippen LogP contribution in [0.4, 0.5) is 0 Å². The third-order valence-electron chi connectivity index (χ3n) is 2.75. The lowest BCUT2D eigenvalue weighted by Gasteiger charge is -1.97. The minimum absolute atomic E-state index is 0.221. The molecule has 0 amide bonds. The summed E-state index contributed by atoms with van der Waals surface area (Å²) in [6.07, 6.45) is 6.92. The SMILES string of the molecule is O=C(O)C=Cc1c[nH]cn1.O=C(O)c1cnc2ccccc2c1. The molecule has 0 spiro atoms. The number of imidazole rings is 1. The molecule has 3 aromatic rings. The van der Waals surface area contributed by atoms with Crippen LogP contribution in [0.5, 0.6) is 0 Å². The third-order valence-corrected chi connectivity index (χ3v) is 2.75. The maximum atomic E-state index is 10.6. The second-order valence-corrected chi connectivity index (χ2v) is 4.39. The van der Waals surface area contributed by atoms with Gasteiger partial charge in [-0.05, 0) is 18.2 Å². The van der Waals surface area contributed by atoms with Gasteiger partial charge in [0.15, 0.2) is 0 Å². The van der Waals surface area contributed by atoms with Crippen LogP contribution in [0.15, 0.2) is 55.1 Å². The molecule has 0 unspecified atom stereocenters. The van der Waals surface area contributed by atoms with Gasteiger partial charge in [0.25, 0.3) is 0 Å². The first-order valence-corrected chi connectivity index (χ1v) is 6.54. The van der Waals surface area contributed by atoms with Crippen LogP contribution in [-0.2, 0) is 4.79 Å². The molecule has 0 aliphatic heterocycles. The first-order chi connectivity index (χ1) is 11.1. The average molecular weight is 311 g/mol. The van der Waals surface area contributed by atoms with Crippen molar-refractivity contribution in [1.82, 2.24) is 15.0 Å². The number of rotatable bonds is 3. The van der Waals surface area contributed by atoms with E-state index in [0.717, 1.165) is 17.0 Å². The number of hydrogen-bond acceptors (Lipinski definition) is 4. The molecular formula is C16H13N3O4. The van der Waals surface area contributed by atoms with Gasteiger partial charge in [-0.2, -0.15) is 0 Å². The molecule has 3 N–H and O–H groups in total. The molecule has 0 saturated carbocycles. The monoisotopic (exact) mass is 311 g/mol. The summed E-state index contributed by atoms with van der Waals surface area (Å²) < 4.78 is 0. The second-order valence-electron chi connectivity index (χ2n) is 4.39. The maximum absolute atomic E-state index is 10.6. The van der Waals surface area contributed by atoms with E-state index < -0.39 is 11.9 Å². The van der Waals surface area contributed by atoms with E-state index >= 15 is 0 Å². The van der Waals surface area contributed by atoms with Gasteiger partial charge in [-0.25, -0.2) is 14.6 Å². The van der Waals surface area contributed by atoms with Gasteiger partial charge in [0.2, 0.25) is 0 Å². The summed E-state index contributed by atoms with van der Waals surface area (Å²) >= 11 is 0. The normalized spacial score (nSPS) is 10.3. The molecule has 0 atom stereocenters. The number of aromatic carboxylic acids is 1. The number of carboxylic acids is 2. The number of para-hydroxylation sites is 1. The summed E-state index contributed by atoms with van der Waals surface area (Å²) in [6.45, 7) is 0. The van der Waals surface area contributed by atoms with Crippen LogP contribution in [0.2, 0.25) is 0 Å². The van der Waals surface area contributed by atoms with Crippen LogP contribution in [0.1, 0.15) is 16.1 Å². The Bertz CT molecular complexity index is 841. The van der Waals surface area contributed by atoms with Crippen molar-refractivity contribution in [1.29, 1.82) is 0 Å². The minimum atomic E-state index is -0.969. The van der Waals surface area contributed by atoms with Gasteiger partial charge in [-0.1, -0.05) is 18.2 Å². The summed E-state index contributed by atoms with van der Waals surface area (Å²) in [5, 5.41) is 17.7. The lowest BCUT2D eigenvalue weighted by Crippen LogP contribution is -1.96. The highest BCUT2D eigenvalue weighted by molar-refractivity contribution is 5.92. The van der Waals surface area contributed by atoms with E-state index in [1.165, 1.54) is 18.6 Å². The maximum Gasteiger partial charge on any atom is 0.337 e. The summed E-state index contributed by atoms with van der Waals surface area (Å²) in [5.41, 5.74) is 1.65. The molecule has 0 radical (unpaired) electrons. The van der Waals surface area contributed by atoms with Crippen molar-refractivity contribution in [3.63, 3.8) is 0 Å². The van der Waals surface area contributed by atoms with Crippen molar-refractivity contribution in [2.45, 2.75) is 0 Å². The van der Waals surface area contributed by atoms with Gasteiger partial charge in [0.1, 0.15) is 0 Å². The number of aliphatic carboxylic acids is 1. The van der Waals surface area contributed by atoms with Crippen molar-refractivity contribution in [3.8, 4) is 0 Å². The van der Waals surface area contributed by atoms with E-state index in [9.17, 15) is 9.59 Å². The number of aromatic nitrogens is 3. The molecule has 7 heteroatoms. The quantitative estimate of drug-likeness (QED) is 0.640. The number of hydrogen-bond donors (Lipinski definition) is 3. The van der Waals surface area contributed by atoms with Gasteiger partial charge < -0.3 is 15.2 Å². The van der Waals surface area contributed by atoms with E-state index in [-0.39, 0.29) is 5.56 Å². The molecule has 0 fully saturated rings. The lowest BCUT2D eigenvalue weighted by molar-refractivity contribution is -0.131. The molecule has 7 nitrogen and oxygen atoms in total. The Kier molecular flexibility index (Phi) is 5.19. The zero-order valence-corrected chi connectivity index (χ0v) is 11.9. The standard InChI is InChI=1S/C10H7NO2.C6H6N2O2/c12-10(13)8-5-7-3-1-2-4-9(7)11-6-8;9-6(10)2-1-5-3-7-4-8-5/h1-6H,(H,12,13);1-4H,(H,7,8)(H,9,10). The van der Waals surface area contributed by atoms with Crippen molar-refractivity contribution < 1.29 is 19.8 Å². The predicted molar refractivity (Wildman–Crippen MR) is 84.0 cm³/mol. The molecule has 3 rings (SSSR count). The number of nitrogens with one attached hydrogen (secondary N) is 1. The topological polar surface area (TPSA) is 116 Å². The largest absolute Gasteiger partial charge is 0.478 e. The number of benzene rings is 1. The smallest absolute Gasteiger partial charge is 0.337 e. The highest BCUT2D eigenvalue weighted by atomic mass is 16.4. The van der Waals surface area contributed by atoms with E-state index in [2.05, 4.69) is 15.0 Å². The van der Waals surface area contributed by atoms with Crippen LogP contribution < -0.4 is 0 Å². The molecule has 0 aliphatic carbocycles. The Labute approximate surface area is 131 Å². The van der Waals surface area contributed by atoms with Crippen molar-refractivity contribution in [2.24, 2.45) is 0 Å². The highest BCUT2D eigenvalue weighted by Crippen LogP contribution is 2.12. The number of nitrogens with zero attached hydrogens (tertiary/aromatic N) is 2. The van der Waals surface area contributed by atoms with E-state index in [4.69, 9.17) is 10.2 Å². The van der Waals surface area contributed by atoms with Crippen LogP contribution in [0, 0.1) is 0 Å². The Morgan fingerprint density at radius 1 is 1.13 bits per heavy atom. The molecule has 2 aromatic heterocycles. The number of H-pyrrole nitrogens is 1. The summed E-state index contributed by atoms with van der Waals surface area (Å²) in [7, 11) is 0. The van der Waals surface area contributed by atoms with Crippen molar-refractivity contribution >= 4 is 28.9 Å². The predicted octanol–water partition coefficient (Wildman–Crippen LogP) is 2.44. The van der Waals surface area contributed by atoms with Crippen LogP contribution >= 0.6 is 0 Å². The first-order valence-electron chi connectivity index (χ1n) is 6.54. The molecule has 23 heavy (non-hydrogen) atoms. The number of aromatic amines is 1. The number of pyridine rings is 1. The number of carbonyl (C=O) groups is 2. The van der Waals surface area contributed by atoms with Gasteiger partial charge in [0, 0.05) is 23.9 Å². The number of carboxylic acid groups (broad SMARTS) is 2. The first kappa shape index (κ1) is 15.9. The summed E-state index contributed by atoms with van der Waals surface area (Å²) in [4.78, 5) is 31.1. The molecule has 0 bridgehead atoms.